The zero-order valence-corrected chi connectivity index (χ0v) is 16.6. The first-order chi connectivity index (χ1) is 14.0. The predicted molar refractivity (Wildman–Crippen MR) is 102 cm³/mol. The van der Waals surface area contributed by atoms with E-state index in [9.17, 15) is 9.18 Å². The summed E-state index contributed by atoms with van der Waals surface area (Å²) >= 11 is 0. The van der Waals surface area contributed by atoms with Crippen LogP contribution in [0, 0.1) is 18.7 Å². The third kappa shape index (κ3) is 4.93. The van der Waals surface area contributed by atoms with Crippen molar-refractivity contribution in [2.75, 3.05) is 26.3 Å². The first kappa shape index (κ1) is 19.8. The summed E-state index contributed by atoms with van der Waals surface area (Å²) in [5, 5.41) is 4.01. The Bertz CT molecular complexity index is 831. The van der Waals surface area contributed by atoms with Crippen molar-refractivity contribution in [1.29, 1.82) is 0 Å². The molecular weight excluding hydrogens is 377 g/mol. The minimum Gasteiger partial charge on any atom is -0.484 e. The predicted octanol–water partition coefficient (Wildman–Crippen LogP) is 2.93. The van der Waals surface area contributed by atoms with Crippen molar-refractivity contribution in [2.24, 2.45) is 5.92 Å². The van der Waals surface area contributed by atoms with Crippen molar-refractivity contribution < 1.29 is 23.2 Å². The van der Waals surface area contributed by atoms with Gasteiger partial charge in [0.05, 0.1) is 5.60 Å². The van der Waals surface area contributed by atoms with Crippen LogP contribution in [0.25, 0.3) is 0 Å². The first-order valence-electron chi connectivity index (χ1n) is 10.1. The molecule has 2 aliphatic heterocycles. The fraction of sp³-hybridized carbons (Fsp3) is 0.571. The molecule has 0 saturated carbocycles. The van der Waals surface area contributed by atoms with Crippen molar-refractivity contribution in [3.63, 3.8) is 0 Å². The molecule has 2 aromatic rings. The van der Waals surface area contributed by atoms with Gasteiger partial charge >= 0.3 is 0 Å². The van der Waals surface area contributed by atoms with Gasteiger partial charge in [-0.1, -0.05) is 5.16 Å². The van der Waals surface area contributed by atoms with E-state index in [1.54, 1.807) is 6.92 Å². The number of benzene rings is 1. The van der Waals surface area contributed by atoms with E-state index in [1.165, 1.54) is 24.3 Å². The van der Waals surface area contributed by atoms with Gasteiger partial charge < -0.3 is 18.9 Å². The number of hydrogen-bond acceptors (Lipinski definition) is 6. The van der Waals surface area contributed by atoms with Gasteiger partial charge in [0.2, 0.25) is 5.89 Å². The van der Waals surface area contributed by atoms with Gasteiger partial charge in [0.25, 0.3) is 5.91 Å². The Balaban J connectivity index is 1.26. The van der Waals surface area contributed by atoms with Crippen LogP contribution in [-0.2, 0) is 16.0 Å². The molecule has 1 aromatic heterocycles. The highest BCUT2D eigenvalue weighted by atomic mass is 19.1. The number of aryl methyl sites for hydroxylation is 1. The van der Waals surface area contributed by atoms with Crippen LogP contribution in [0.3, 0.4) is 0 Å². The molecule has 8 heteroatoms. The molecule has 1 atom stereocenters. The lowest BCUT2D eigenvalue weighted by Crippen LogP contribution is -2.51. The van der Waals surface area contributed by atoms with Gasteiger partial charge in [-0.3, -0.25) is 4.79 Å². The Labute approximate surface area is 169 Å². The van der Waals surface area contributed by atoms with E-state index >= 15 is 0 Å². The van der Waals surface area contributed by atoms with Crippen LogP contribution in [0.5, 0.6) is 5.75 Å². The van der Waals surface area contributed by atoms with Gasteiger partial charge in [0.15, 0.2) is 12.4 Å². The molecule has 0 aliphatic carbocycles. The summed E-state index contributed by atoms with van der Waals surface area (Å²) < 4.78 is 29.7. The molecule has 2 aliphatic rings. The maximum Gasteiger partial charge on any atom is 0.260 e. The fourth-order valence-corrected chi connectivity index (χ4v) is 4.27. The van der Waals surface area contributed by atoms with Crippen molar-refractivity contribution >= 4 is 5.91 Å². The van der Waals surface area contributed by atoms with Crippen LogP contribution in [0.15, 0.2) is 28.8 Å². The van der Waals surface area contributed by atoms with Gasteiger partial charge in [0, 0.05) is 33.0 Å². The number of aromatic nitrogens is 2. The molecule has 0 radical (unpaired) electrons. The smallest absolute Gasteiger partial charge is 0.260 e. The topological polar surface area (TPSA) is 77.7 Å². The van der Waals surface area contributed by atoms with Crippen LogP contribution in [-0.4, -0.2) is 52.9 Å². The van der Waals surface area contributed by atoms with Gasteiger partial charge in [-0.15, -0.1) is 0 Å². The zero-order chi connectivity index (χ0) is 20.3. The summed E-state index contributed by atoms with van der Waals surface area (Å²) in [6.07, 6.45) is 4.38. The molecule has 0 N–H and O–H groups in total. The Kier molecular flexibility index (Phi) is 5.80. The lowest BCUT2D eigenvalue weighted by atomic mass is 9.78. The minimum absolute atomic E-state index is 0.0424. The Morgan fingerprint density at radius 2 is 2.07 bits per heavy atom. The molecule has 4 rings (SSSR count). The number of carbonyl (C=O) groups excluding carboxylic acids is 1. The Morgan fingerprint density at radius 1 is 1.31 bits per heavy atom. The second-order valence-electron chi connectivity index (χ2n) is 7.95. The van der Waals surface area contributed by atoms with Gasteiger partial charge in [-0.05, 0) is 55.9 Å². The number of carbonyl (C=O) groups is 1. The highest BCUT2D eigenvalue weighted by molar-refractivity contribution is 5.77. The SMILES string of the molecule is Cc1nc(CC2CCOC3(CCN(C(=O)COc4ccc(F)cc4)CC3)C2)no1. The number of ether oxygens (including phenoxy) is 2. The molecule has 0 bridgehead atoms. The Hall–Kier alpha value is -2.48. The van der Waals surface area contributed by atoms with Crippen LogP contribution >= 0.6 is 0 Å². The van der Waals surface area contributed by atoms with Crippen molar-refractivity contribution in [2.45, 2.75) is 44.6 Å². The zero-order valence-electron chi connectivity index (χ0n) is 16.6. The molecule has 1 amide bonds. The third-order valence-electron chi connectivity index (χ3n) is 5.84. The summed E-state index contributed by atoms with van der Waals surface area (Å²) in [6, 6.07) is 5.68. The molecule has 7 nitrogen and oxygen atoms in total. The molecule has 3 heterocycles. The van der Waals surface area contributed by atoms with Crippen molar-refractivity contribution in [3.05, 3.63) is 41.8 Å². The highest BCUT2D eigenvalue weighted by Gasteiger charge is 2.41. The summed E-state index contributed by atoms with van der Waals surface area (Å²) in [5.41, 5.74) is -0.170. The first-order valence-corrected chi connectivity index (χ1v) is 10.1. The molecule has 2 fully saturated rings. The van der Waals surface area contributed by atoms with Crippen molar-refractivity contribution in [3.8, 4) is 5.75 Å². The van der Waals surface area contributed by atoms with Crippen LogP contribution < -0.4 is 4.74 Å². The number of hydrogen-bond donors (Lipinski definition) is 0. The monoisotopic (exact) mass is 403 g/mol. The summed E-state index contributed by atoms with van der Waals surface area (Å²) in [5.74, 6) is 1.92. The number of nitrogens with zero attached hydrogens (tertiary/aromatic N) is 3. The van der Waals surface area contributed by atoms with Gasteiger partial charge in [0.1, 0.15) is 11.6 Å². The Morgan fingerprint density at radius 3 is 2.76 bits per heavy atom. The number of rotatable bonds is 5. The molecule has 1 aromatic carbocycles. The molecule has 1 spiro atoms. The van der Waals surface area contributed by atoms with E-state index in [4.69, 9.17) is 14.0 Å². The largest absolute Gasteiger partial charge is 0.484 e. The fourth-order valence-electron chi connectivity index (χ4n) is 4.27. The number of piperidine rings is 1. The standard InChI is InChI=1S/C21H26FN3O4/c1-15-23-19(24-29-15)12-16-6-11-28-21(13-16)7-9-25(10-8-21)20(26)14-27-18-4-2-17(22)3-5-18/h2-5,16H,6-14H2,1H3. The maximum atomic E-state index is 12.9. The summed E-state index contributed by atoms with van der Waals surface area (Å²) in [7, 11) is 0. The van der Waals surface area contributed by atoms with E-state index in [-0.39, 0.29) is 23.9 Å². The van der Waals surface area contributed by atoms with E-state index in [0.717, 1.165) is 44.5 Å². The van der Waals surface area contributed by atoms with Gasteiger partial charge in [-0.25, -0.2) is 4.39 Å². The summed E-state index contributed by atoms with van der Waals surface area (Å²) in [6.45, 7) is 3.79. The normalized spacial score (nSPS) is 21.3. The number of halogens is 1. The molecule has 2 saturated heterocycles. The average molecular weight is 403 g/mol. The summed E-state index contributed by atoms with van der Waals surface area (Å²) in [4.78, 5) is 18.6. The number of likely N-dealkylation sites (tertiary alicyclic amines) is 1. The van der Waals surface area contributed by atoms with Crippen LogP contribution in [0.1, 0.15) is 37.4 Å². The molecule has 1 unspecified atom stereocenters. The number of amides is 1. The van der Waals surface area contributed by atoms with E-state index in [1.807, 2.05) is 4.90 Å². The molecule has 29 heavy (non-hydrogen) atoms. The second-order valence-corrected chi connectivity index (χ2v) is 7.95. The van der Waals surface area contributed by atoms with E-state index in [0.29, 0.717) is 30.6 Å². The minimum atomic E-state index is -0.328. The third-order valence-corrected chi connectivity index (χ3v) is 5.84. The lowest BCUT2D eigenvalue weighted by molar-refractivity contribution is -0.148. The van der Waals surface area contributed by atoms with Crippen LogP contribution in [0.4, 0.5) is 4.39 Å². The molecule has 156 valence electrons. The van der Waals surface area contributed by atoms with Gasteiger partial charge in [-0.2, -0.15) is 4.98 Å². The molecular formula is C21H26FN3O4. The second kappa shape index (κ2) is 8.49. The highest BCUT2D eigenvalue weighted by Crippen LogP contribution is 2.38. The van der Waals surface area contributed by atoms with E-state index in [2.05, 4.69) is 10.1 Å². The van der Waals surface area contributed by atoms with E-state index < -0.39 is 0 Å². The van der Waals surface area contributed by atoms with Crippen molar-refractivity contribution in [1.82, 2.24) is 15.0 Å². The lowest BCUT2D eigenvalue weighted by Gasteiger charge is -2.46. The van der Waals surface area contributed by atoms with Crippen LogP contribution in [0.2, 0.25) is 0 Å². The average Bonchev–Trinajstić information content (AvgIpc) is 3.12. The maximum absolute atomic E-state index is 12.9. The quantitative estimate of drug-likeness (QED) is 0.764.